The van der Waals surface area contributed by atoms with Gasteiger partial charge in [0.2, 0.25) is 0 Å². The molecule has 0 heterocycles. The summed E-state index contributed by atoms with van der Waals surface area (Å²) >= 11 is 0. The fourth-order valence-corrected chi connectivity index (χ4v) is 1.76. The van der Waals surface area contributed by atoms with E-state index in [1.807, 2.05) is 62.4 Å². The van der Waals surface area contributed by atoms with E-state index in [4.69, 9.17) is 0 Å². The average Bonchev–Trinajstić information content (AvgIpc) is 2.83. The Labute approximate surface area is 192 Å². The SMILES string of the molecule is CC.CC.CC.CC.CCCC.CCCCCC.CCCCCCCCCNC. The maximum Gasteiger partial charge on any atom is -0.00519 e. The maximum absolute atomic E-state index is 3.17. The molecule has 0 fully saturated rings. The zero-order valence-corrected chi connectivity index (χ0v) is 24.4. The average molecular weight is 422 g/mol. The van der Waals surface area contributed by atoms with E-state index in [0.29, 0.717) is 0 Å². The number of nitrogens with one attached hydrogen (secondary N) is 1. The molecule has 1 heteroatoms. The molecule has 0 aromatic heterocycles. The zero-order chi connectivity index (χ0) is 24.6. The van der Waals surface area contributed by atoms with E-state index in [0.717, 1.165) is 0 Å². The number of rotatable bonds is 12. The molecular formula is C28H71N. The third-order valence-corrected chi connectivity index (χ3v) is 3.49. The summed E-state index contributed by atoms with van der Waals surface area (Å²) in [4.78, 5) is 0. The second-order valence-corrected chi connectivity index (χ2v) is 5.93. The third-order valence-electron chi connectivity index (χ3n) is 3.49. The van der Waals surface area contributed by atoms with Gasteiger partial charge in [-0.15, -0.1) is 0 Å². The normalized spacial score (nSPS) is 7.66. The van der Waals surface area contributed by atoms with Crippen molar-refractivity contribution in [2.24, 2.45) is 0 Å². The molecule has 0 aliphatic rings. The van der Waals surface area contributed by atoms with E-state index in [9.17, 15) is 0 Å². The molecule has 0 bridgehead atoms. The summed E-state index contributed by atoms with van der Waals surface area (Å²) in [5, 5.41) is 3.17. The highest BCUT2D eigenvalue weighted by Gasteiger charge is 1.88. The number of hydrogen-bond acceptors (Lipinski definition) is 1. The Morgan fingerprint density at radius 2 is 0.586 bits per heavy atom. The van der Waals surface area contributed by atoms with Crippen LogP contribution in [0.5, 0.6) is 0 Å². The van der Waals surface area contributed by atoms with Crippen molar-refractivity contribution in [1.29, 1.82) is 0 Å². The third kappa shape index (κ3) is 132. The first-order chi connectivity index (χ1) is 14.2. The van der Waals surface area contributed by atoms with Crippen molar-refractivity contribution in [3.05, 3.63) is 0 Å². The van der Waals surface area contributed by atoms with Crippen molar-refractivity contribution in [2.75, 3.05) is 13.6 Å². The predicted octanol–water partition coefficient (Wildman–Crippen LogP) is 11.5. The summed E-state index contributed by atoms with van der Waals surface area (Å²) in [7, 11) is 2.02. The van der Waals surface area contributed by atoms with Gasteiger partial charge in [-0.1, -0.05) is 167 Å². The fraction of sp³-hybridized carbons (Fsp3) is 1.00. The Kier molecular flexibility index (Phi) is 147. The van der Waals surface area contributed by atoms with Gasteiger partial charge in [0.25, 0.3) is 0 Å². The molecule has 0 saturated carbocycles. The molecule has 188 valence electrons. The monoisotopic (exact) mass is 422 g/mol. The Balaban J connectivity index is -0.0000000458. The van der Waals surface area contributed by atoms with E-state index in [-0.39, 0.29) is 0 Å². The molecule has 29 heavy (non-hydrogen) atoms. The maximum atomic E-state index is 3.17. The van der Waals surface area contributed by atoms with E-state index < -0.39 is 0 Å². The van der Waals surface area contributed by atoms with Gasteiger partial charge >= 0.3 is 0 Å². The summed E-state index contributed by atoms with van der Waals surface area (Å²) in [5.74, 6) is 0. The molecule has 0 radical (unpaired) electrons. The van der Waals surface area contributed by atoms with Crippen LogP contribution in [0.2, 0.25) is 0 Å². The van der Waals surface area contributed by atoms with Crippen molar-refractivity contribution < 1.29 is 0 Å². The smallest absolute Gasteiger partial charge is 0.00519 e. The van der Waals surface area contributed by atoms with Crippen LogP contribution >= 0.6 is 0 Å². The van der Waals surface area contributed by atoms with Crippen molar-refractivity contribution in [3.8, 4) is 0 Å². The van der Waals surface area contributed by atoms with Crippen LogP contribution in [-0.2, 0) is 0 Å². The van der Waals surface area contributed by atoms with Crippen LogP contribution in [0, 0.1) is 0 Å². The van der Waals surface area contributed by atoms with E-state index in [2.05, 4.69) is 39.9 Å². The Morgan fingerprint density at radius 1 is 0.345 bits per heavy atom. The van der Waals surface area contributed by atoms with Crippen LogP contribution in [0.1, 0.15) is 173 Å². The van der Waals surface area contributed by atoms with Crippen molar-refractivity contribution in [3.63, 3.8) is 0 Å². The molecule has 0 aliphatic heterocycles. The van der Waals surface area contributed by atoms with Gasteiger partial charge in [-0.2, -0.15) is 0 Å². The predicted molar refractivity (Wildman–Crippen MR) is 148 cm³/mol. The van der Waals surface area contributed by atoms with Crippen LogP contribution in [0.25, 0.3) is 0 Å². The fourth-order valence-electron chi connectivity index (χ4n) is 1.76. The summed E-state index contributed by atoms with van der Waals surface area (Å²) in [6.45, 7) is 28.3. The van der Waals surface area contributed by atoms with E-state index in [1.165, 1.54) is 90.0 Å². The number of hydrogen-bond donors (Lipinski definition) is 1. The summed E-state index contributed by atoms with van der Waals surface area (Å²) < 4.78 is 0. The highest BCUT2D eigenvalue weighted by Crippen LogP contribution is 2.05. The van der Waals surface area contributed by atoms with Crippen LogP contribution in [0.3, 0.4) is 0 Å². The minimum atomic E-state index is 1.19. The van der Waals surface area contributed by atoms with Crippen LogP contribution in [-0.4, -0.2) is 13.6 Å². The second-order valence-electron chi connectivity index (χ2n) is 5.93. The highest BCUT2D eigenvalue weighted by atomic mass is 14.8. The molecule has 0 saturated heterocycles. The lowest BCUT2D eigenvalue weighted by Crippen LogP contribution is -2.06. The molecule has 0 atom stereocenters. The lowest BCUT2D eigenvalue weighted by atomic mass is 10.1. The molecule has 0 aliphatic carbocycles. The number of unbranched alkanes of at least 4 members (excludes halogenated alkanes) is 10. The zero-order valence-electron chi connectivity index (χ0n) is 24.4. The molecule has 0 rings (SSSR count). The van der Waals surface area contributed by atoms with Gasteiger partial charge in [0.1, 0.15) is 0 Å². The van der Waals surface area contributed by atoms with Crippen LogP contribution in [0.4, 0.5) is 0 Å². The van der Waals surface area contributed by atoms with Gasteiger partial charge in [0, 0.05) is 0 Å². The molecule has 0 amide bonds. The molecule has 0 aromatic carbocycles. The first-order valence-electron chi connectivity index (χ1n) is 13.9. The van der Waals surface area contributed by atoms with Crippen molar-refractivity contribution >= 4 is 0 Å². The Morgan fingerprint density at radius 3 is 0.828 bits per heavy atom. The van der Waals surface area contributed by atoms with Gasteiger partial charge in [-0.3, -0.25) is 0 Å². The molecule has 1 nitrogen and oxygen atoms in total. The summed E-state index contributed by atoms with van der Waals surface area (Å²) in [6, 6.07) is 0. The molecule has 1 N–H and O–H groups in total. The lowest BCUT2D eigenvalue weighted by molar-refractivity contribution is 0.578. The molecule has 0 unspecified atom stereocenters. The first kappa shape index (κ1) is 46.9. The van der Waals surface area contributed by atoms with Gasteiger partial charge in [0.15, 0.2) is 0 Å². The van der Waals surface area contributed by atoms with Crippen molar-refractivity contribution in [1.82, 2.24) is 5.32 Å². The van der Waals surface area contributed by atoms with Gasteiger partial charge in [-0.25, -0.2) is 0 Å². The Hall–Kier alpha value is -0.0400. The van der Waals surface area contributed by atoms with E-state index in [1.54, 1.807) is 0 Å². The Bertz CT molecular complexity index is 109. The molecule has 0 spiro atoms. The highest BCUT2D eigenvalue weighted by molar-refractivity contribution is 4.46. The summed E-state index contributed by atoms with van der Waals surface area (Å²) in [6.07, 6.45) is 18.0. The van der Waals surface area contributed by atoms with Gasteiger partial charge in [-0.05, 0) is 20.0 Å². The van der Waals surface area contributed by atoms with Crippen LogP contribution < -0.4 is 5.32 Å². The minimum absolute atomic E-state index is 1.19. The summed E-state index contributed by atoms with van der Waals surface area (Å²) in [5.41, 5.74) is 0. The molecular weight excluding hydrogens is 350 g/mol. The van der Waals surface area contributed by atoms with Gasteiger partial charge < -0.3 is 5.32 Å². The van der Waals surface area contributed by atoms with Crippen LogP contribution in [0.15, 0.2) is 0 Å². The van der Waals surface area contributed by atoms with Gasteiger partial charge in [0.05, 0.1) is 0 Å². The lowest BCUT2D eigenvalue weighted by Gasteiger charge is -1.99. The molecule has 0 aromatic rings. The topological polar surface area (TPSA) is 12.0 Å². The quantitative estimate of drug-likeness (QED) is 0.309. The standard InChI is InChI=1S/C10H23N.C6H14.C4H10.4C2H6/c1-3-4-5-6-7-8-9-10-11-2;1-3-5-6-4-2;1-3-4-2;4*1-2/h11H,3-10H2,1-2H3;3-6H2,1-2H3;3-4H2,1-2H3;4*1-2H3. The largest absolute Gasteiger partial charge is 0.320 e. The first-order valence-corrected chi connectivity index (χ1v) is 13.9. The van der Waals surface area contributed by atoms with E-state index >= 15 is 0 Å². The minimum Gasteiger partial charge on any atom is -0.320 e. The van der Waals surface area contributed by atoms with Crippen molar-refractivity contribution in [2.45, 2.75) is 173 Å². The second kappa shape index (κ2) is 90.8.